The van der Waals surface area contributed by atoms with Crippen molar-refractivity contribution in [3.05, 3.63) is 23.0 Å². The van der Waals surface area contributed by atoms with E-state index >= 15 is 0 Å². The van der Waals surface area contributed by atoms with Gasteiger partial charge in [0.05, 0.1) is 16.6 Å². The number of rotatable bonds is 6. The Kier molecular flexibility index (Phi) is 4.26. The van der Waals surface area contributed by atoms with Gasteiger partial charge >= 0.3 is 5.97 Å². The molecule has 7 heteroatoms. The first kappa shape index (κ1) is 16.4. The fraction of sp³-hybridized carbons (Fsp3) is 0.529. The quantitative estimate of drug-likeness (QED) is 0.843. The molecule has 2 aromatic heterocycles. The van der Waals surface area contributed by atoms with Gasteiger partial charge < -0.3 is 14.9 Å². The van der Waals surface area contributed by atoms with Crippen molar-refractivity contribution in [2.45, 2.75) is 52.0 Å². The van der Waals surface area contributed by atoms with Crippen LogP contribution in [0.3, 0.4) is 0 Å². The number of carboxylic acid groups (broad SMARTS) is 1. The van der Waals surface area contributed by atoms with E-state index in [2.05, 4.69) is 15.5 Å². The molecule has 2 aromatic rings. The van der Waals surface area contributed by atoms with Crippen molar-refractivity contribution in [2.75, 3.05) is 0 Å². The molecular weight excluding hydrogens is 310 g/mol. The van der Waals surface area contributed by atoms with E-state index in [1.807, 2.05) is 13.8 Å². The van der Waals surface area contributed by atoms with Crippen LogP contribution >= 0.6 is 0 Å². The Hall–Kier alpha value is -2.44. The molecule has 0 unspecified atom stereocenters. The number of amides is 1. The van der Waals surface area contributed by atoms with Gasteiger partial charge in [0, 0.05) is 11.6 Å². The molecule has 1 atom stereocenters. The summed E-state index contributed by atoms with van der Waals surface area (Å²) in [4.78, 5) is 28.6. The predicted octanol–water partition coefficient (Wildman–Crippen LogP) is 2.64. The standard InChI is InChI=1S/C17H21N3O4/c1-8(2)6-13(17(22)23)18-15(21)11-7-12(10-4-5-10)19-16-14(11)9(3)20-24-16/h7-8,10,13H,4-6H2,1-3H3,(H,18,21)(H,22,23)/t13-/m1/s1. The lowest BCUT2D eigenvalue weighted by Crippen LogP contribution is -2.41. The van der Waals surface area contributed by atoms with Gasteiger partial charge in [0.1, 0.15) is 6.04 Å². The molecule has 128 valence electrons. The first-order chi connectivity index (χ1) is 11.4. The number of carbonyl (C=O) groups excluding carboxylic acids is 1. The molecule has 1 amide bonds. The lowest BCUT2D eigenvalue weighted by Gasteiger charge is -2.17. The van der Waals surface area contributed by atoms with Gasteiger partial charge in [-0.05, 0) is 38.2 Å². The number of aryl methyl sites for hydroxylation is 1. The Morgan fingerprint density at radius 3 is 2.71 bits per heavy atom. The van der Waals surface area contributed by atoms with Crippen molar-refractivity contribution in [3.63, 3.8) is 0 Å². The van der Waals surface area contributed by atoms with Crippen LogP contribution in [0.15, 0.2) is 10.6 Å². The molecule has 0 saturated heterocycles. The summed E-state index contributed by atoms with van der Waals surface area (Å²) in [6, 6.07) is 0.818. The zero-order chi connectivity index (χ0) is 17.4. The Morgan fingerprint density at radius 2 is 2.12 bits per heavy atom. The topological polar surface area (TPSA) is 105 Å². The highest BCUT2D eigenvalue weighted by molar-refractivity contribution is 6.07. The maximum absolute atomic E-state index is 12.7. The maximum Gasteiger partial charge on any atom is 0.326 e. The smallest absolute Gasteiger partial charge is 0.326 e. The van der Waals surface area contributed by atoms with Crippen LogP contribution in [0.4, 0.5) is 0 Å². The molecule has 1 aliphatic carbocycles. The number of fused-ring (bicyclic) bond motifs is 1. The van der Waals surface area contributed by atoms with Crippen molar-refractivity contribution in [2.24, 2.45) is 5.92 Å². The van der Waals surface area contributed by atoms with E-state index in [0.29, 0.717) is 34.7 Å². The zero-order valence-electron chi connectivity index (χ0n) is 14.0. The summed E-state index contributed by atoms with van der Waals surface area (Å²) >= 11 is 0. The molecule has 0 bridgehead atoms. The molecule has 7 nitrogen and oxygen atoms in total. The predicted molar refractivity (Wildman–Crippen MR) is 86.9 cm³/mol. The molecule has 0 radical (unpaired) electrons. The first-order valence-electron chi connectivity index (χ1n) is 8.17. The van der Waals surface area contributed by atoms with Crippen LogP contribution in [-0.4, -0.2) is 33.2 Å². The van der Waals surface area contributed by atoms with Crippen molar-refractivity contribution in [3.8, 4) is 0 Å². The molecule has 3 rings (SSSR count). The number of nitrogens with zero attached hydrogens (tertiary/aromatic N) is 2. The molecule has 1 fully saturated rings. The number of pyridine rings is 1. The van der Waals surface area contributed by atoms with Crippen LogP contribution in [0.1, 0.15) is 60.8 Å². The summed E-state index contributed by atoms with van der Waals surface area (Å²) in [5, 5.41) is 16.4. The van der Waals surface area contributed by atoms with Crippen LogP contribution in [0.25, 0.3) is 11.1 Å². The minimum atomic E-state index is -1.04. The van der Waals surface area contributed by atoms with Gasteiger partial charge in [-0.3, -0.25) is 4.79 Å². The van der Waals surface area contributed by atoms with E-state index in [1.54, 1.807) is 13.0 Å². The second-order valence-electron chi connectivity index (χ2n) is 6.81. The van der Waals surface area contributed by atoms with Crippen LogP contribution in [0.2, 0.25) is 0 Å². The number of carbonyl (C=O) groups is 2. The van der Waals surface area contributed by atoms with Crippen LogP contribution in [-0.2, 0) is 4.79 Å². The van der Waals surface area contributed by atoms with E-state index in [1.165, 1.54) is 0 Å². The van der Waals surface area contributed by atoms with Crippen LogP contribution < -0.4 is 5.32 Å². The molecule has 1 aliphatic rings. The average Bonchev–Trinajstić information content (AvgIpc) is 3.29. The molecule has 2 N–H and O–H groups in total. The number of aromatic nitrogens is 2. The monoisotopic (exact) mass is 331 g/mol. The second kappa shape index (κ2) is 6.22. The van der Waals surface area contributed by atoms with Gasteiger partial charge in [-0.15, -0.1) is 0 Å². The van der Waals surface area contributed by atoms with Crippen molar-refractivity contribution < 1.29 is 19.2 Å². The highest BCUT2D eigenvalue weighted by Crippen LogP contribution is 2.40. The van der Waals surface area contributed by atoms with E-state index < -0.39 is 17.9 Å². The summed E-state index contributed by atoms with van der Waals surface area (Å²) in [6.07, 6.45) is 2.45. The van der Waals surface area contributed by atoms with Crippen LogP contribution in [0.5, 0.6) is 0 Å². The minimum Gasteiger partial charge on any atom is -0.480 e. The Balaban J connectivity index is 1.96. The minimum absolute atomic E-state index is 0.156. The van der Waals surface area contributed by atoms with Crippen molar-refractivity contribution in [1.29, 1.82) is 0 Å². The molecule has 2 heterocycles. The average molecular weight is 331 g/mol. The van der Waals surface area contributed by atoms with Gasteiger partial charge in [0.2, 0.25) is 0 Å². The normalized spacial score (nSPS) is 15.7. The third-order valence-electron chi connectivity index (χ3n) is 4.19. The van der Waals surface area contributed by atoms with Gasteiger partial charge in [-0.1, -0.05) is 19.0 Å². The lowest BCUT2D eigenvalue weighted by atomic mass is 10.0. The van der Waals surface area contributed by atoms with Gasteiger partial charge in [-0.25, -0.2) is 9.78 Å². The maximum atomic E-state index is 12.7. The highest BCUT2D eigenvalue weighted by Gasteiger charge is 2.30. The summed E-state index contributed by atoms with van der Waals surface area (Å²) in [5.41, 5.74) is 2.09. The molecule has 1 saturated carbocycles. The molecule has 0 aliphatic heterocycles. The van der Waals surface area contributed by atoms with E-state index in [9.17, 15) is 14.7 Å². The number of hydrogen-bond acceptors (Lipinski definition) is 5. The second-order valence-corrected chi connectivity index (χ2v) is 6.81. The lowest BCUT2D eigenvalue weighted by molar-refractivity contribution is -0.139. The fourth-order valence-electron chi connectivity index (χ4n) is 2.81. The number of nitrogens with one attached hydrogen (secondary N) is 1. The molecule has 24 heavy (non-hydrogen) atoms. The Labute approximate surface area is 139 Å². The summed E-state index contributed by atoms with van der Waals surface area (Å²) in [7, 11) is 0. The zero-order valence-corrected chi connectivity index (χ0v) is 14.0. The Bertz CT molecular complexity index is 792. The van der Waals surface area contributed by atoms with E-state index in [4.69, 9.17) is 4.52 Å². The first-order valence-corrected chi connectivity index (χ1v) is 8.17. The number of hydrogen-bond donors (Lipinski definition) is 2. The summed E-state index contributed by atoms with van der Waals surface area (Å²) < 4.78 is 5.22. The number of carboxylic acids is 1. The van der Waals surface area contributed by atoms with Gasteiger partial charge in [0.15, 0.2) is 0 Å². The molecule has 0 aromatic carbocycles. The molecular formula is C17H21N3O4. The third kappa shape index (κ3) is 3.25. The van der Waals surface area contributed by atoms with E-state index in [-0.39, 0.29) is 5.92 Å². The summed E-state index contributed by atoms with van der Waals surface area (Å²) in [5.74, 6) is -0.962. The summed E-state index contributed by atoms with van der Waals surface area (Å²) in [6.45, 7) is 5.58. The van der Waals surface area contributed by atoms with Crippen molar-refractivity contribution in [1.82, 2.24) is 15.5 Å². The van der Waals surface area contributed by atoms with Gasteiger partial charge in [0.25, 0.3) is 11.6 Å². The third-order valence-corrected chi connectivity index (χ3v) is 4.19. The van der Waals surface area contributed by atoms with Gasteiger partial charge in [-0.2, -0.15) is 0 Å². The largest absolute Gasteiger partial charge is 0.480 e. The van der Waals surface area contributed by atoms with Crippen LogP contribution in [0, 0.1) is 12.8 Å². The Morgan fingerprint density at radius 1 is 1.42 bits per heavy atom. The molecule has 0 spiro atoms. The van der Waals surface area contributed by atoms with Crippen molar-refractivity contribution >= 4 is 23.0 Å². The fourth-order valence-corrected chi connectivity index (χ4v) is 2.81. The van der Waals surface area contributed by atoms with E-state index in [0.717, 1.165) is 18.5 Å². The highest BCUT2D eigenvalue weighted by atomic mass is 16.5. The SMILES string of the molecule is Cc1noc2nc(C3CC3)cc(C(=O)N[C@H](CC(C)C)C(=O)O)c12. The number of aliphatic carboxylic acids is 1.